The molecule has 4 heteroatoms. The van der Waals surface area contributed by atoms with Crippen LogP contribution in [0, 0.1) is 0 Å². The Balaban J connectivity index is 2.00. The van der Waals surface area contributed by atoms with Crippen LogP contribution >= 0.6 is 0 Å². The van der Waals surface area contributed by atoms with Gasteiger partial charge in [0.1, 0.15) is 17.2 Å². The Hall–Kier alpha value is -3.14. The van der Waals surface area contributed by atoms with E-state index < -0.39 is 0 Å². The van der Waals surface area contributed by atoms with E-state index in [9.17, 15) is 4.79 Å². The summed E-state index contributed by atoms with van der Waals surface area (Å²) < 4.78 is 6.12. The molecule has 0 spiro atoms. The molecule has 104 valence electrons. The Morgan fingerprint density at radius 2 is 1.77 bits per heavy atom. The molecule has 0 bridgehead atoms. The number of nitrogens with one attached hydrogen (secondary N) is 1. The zero-order valence-electron chi connectivity index (χ0n) is 11.5. The van der Waals surface area contributed by atoms with Crippen LogP contribution in [0.4, 0.5) is 0 Å². The molecule has 5 rings (SSSR count). The van der Waals surface area contributed by atoms with Crippen molar-refractivity contribution in [2.24, 2.45) is 0 Å². The van der Waals surface area contributed by atoms with Gasteiger partial charge in [0.05, 0.1) is 10.8 Å². The Kier molecular flexibility index (Phi) is 2.07. The monoisotopic (exact) mass is 286 g/mol. The molecule has 0 radical (unpaired) electrons. The van der Waals surface area contributed by atoms with Crippen LogP contribution in [0.3, 0.4) is 0 Å². The average Bonchev–Trinajstić information content (AvgIpc) is 2.57. The van der Waals surface area contributed by atoms with E-state index in [1.807, 2.05) is 42.5 Å². The molecule has 2 heterocycles. The van der Waals surface area contributed by atoms with E-state index in [1.165, 1.54) is 0 Å². The molecule has 4 aromatic rings. The number of hydrogen-bond acceptors (Lipinski definition) is 3. The molecule has 1 aromatic heterocycles. The van der Waals surface area contributed by atoms with Gasteiger partial charge in [0.25, 0.3) is 5.56 Å². The molecule has 0 aliphatic carbocycles. The van der Waals surface area contributed by atoms with Gasteiger partial charge in [0.2, 0.25) is 0 Å². The summed E-state index contributed by atoms with van der Waals surface area (Å²) in [6.07, 6.45) is 0. The number of aromatic nitrogens is 2. The summed E-state index contributed by atoms with van der Waals surface area (Å²) in [7, 11) is 0. The highest BCUT2D eigenvalue weighted by atomic mass is 16.5. The second-order valence-corrected chi connectivity index (χ2v) is 5.35. The molecule has 0 atom stereocenters. The van der Waals surface area contributed by atoms with E-state index in [1.54, 1.807) is 6.07 Å². The number of ether oxygens (including phenoxy) is 1. The van der Waals surface area contributed by atoms with Gasteiger partial charge in [-0.15, -0.1) is 0 Å². The van der Waals surface area contributed by atoms with E-state index in [2.05, 4.69) is 16.3 Å². The second kappa shape index (κ2) is 3.95. The first-order valence-corrected chi connectivity index (χ1v) is 7.04. The maximum Gasteiger partial charge on any atom is 0.272 e. The van der Waals surface area contributed by atoms with Gasteiger partial charge in [0, 0.05) is 10.9 Å². The minimum absolute atomic E-state index is 0.201. The molecule has 0 fully saturated rings. The summed E-state index contributed by atoms with van der Waals surface area (Å²) in [6, 6.07) is 17.6. The topological polar surface area (TPSA) is 55.0 Å². The third-order valence-electron chi connectivity index (χ3n) is 4.12. The van der Waals surface area contributed by atoms with E-state index in [0.29, 0.717) is 11.1 Å². The largest absolute Gasteiger partial charge is 0.455 e. The van der Waals surface area contributed by atoms with E-state index in [4.69, 9.17) is 4.74 Å². The zero-order chi connectivity index (χ0) is 14.7. The number of nitrogens with zero attached hydrogens (tertiary/aromatic N) is 1. The molecular formula is C18H10N2O2. The fraction of sp³-hybridized carbons (Fsp3) is 0. The van der Waals surface area contributed by atoms with Crippen LogP contribution in [0.15, 0.2) is 59.4 Å². The summed E-state index contributed by atoms with van der Waals surface area (Å²) in [6.45, 7) is 0. The van der Waals surface area contributed by atoms with Crippen LogP contribution in [-0.2, 0) is 0 Å². The van der Waals surface area contributed by atoms with Gasteiger partial charge in [-0.1, -0.05) is 36.4 Å². The highest BCUT2D eigenvalue weighted by Gasteiger charge is 2.23. The third-order valence-corrected chi connectivity index (χ3v) is 4.12. The number of hydrogen-bond donors (Lipinski definition) is 1. The normalized spacial score (nSPS) is 12.2. The van der Waals surface area contributed by atoms with Crippen molar-refractivity contribution in [1.82, 2.24) is 10.2 Å². The lowest BCUT2D eigenvalue weighted by molar-refractivity contribution is 0.491. The molecule has 1 aliphatic rings. The van der Waals surface area contributed by atoms with Gasteiger partial charge in [-0.2, -0.15) is 5.10 Å². The van der Waals surface area contributed by atoms with Crippen molar-refractivity contribution >= 4 is 21.5 Å². The Morgan fingerprint density at radius 3 is 2.73 bits per heavy atom. The van der Waals surface area contributed by atoms with Crippen molar-refractivity contribution < 1.29 is 4.74 Å². The molecule has 0 saturated carbocycles. The maximum atomic E-state index is 12.0. The number of rotatable bonds is 0. The maximum absolute atomic E-state index is 12.0. The van der Waals surface area contributed by atoms with Gasteiger partial charge in [-0.05, 0) is 23.6 Å². The molecular weight excluding hydrogens is 276 g/mol. The van der Waals surface area contributed by atoms with Crippen molar-refractivity contribution in [1.29, 1.82) is 0 Å². The molecule has 3 aromatic carbocycles. The summed E-state index contributed by atoms with van der Waals surface area (Å²) >= 11 is 0. The number of benzene rings is 3. The van der Waals surface area contributed by atoms with Gasteiger partial charge in [-0.25, -0.2) is 5.10 Å². The first-order valence-electron chi connectivity index (χ1n) is 7.04. The molecule has 1 N–H and O–H groups in total. The average molecular weight is 286 g/mol. The van der Waals surface area contributed by atoms with E-state index >= 15 is 0 Å². The first-order chi connectivity index (χ1) is 10.8. The fourth-order valence-electron chi connectivity index (χ4n) is 3.12. The van der Waals surface area contributed by atoms with Crippen molar-refractivity contribution in [3.63, 3.8) is 0 Å². The van der Waals surface area contributed by atoms with Crippen molar-refractivity contribution in [2.45, 2.75) is 0 Å². The van der Waals surface area contributed by atoms with Crippen LogP contribution in [0.2, 0.25) is 0 Å². The molecule has 4 nitrogen and oxygen atoms in total. The van der Waals surface area contributed by atoms with Gasteiger partial charge in [-0.3, -0.25) is 4.79 Å². The predicted octanol–water partition coefficient (Wildman–Crippen LogP) is 3.85. The van der Waals surface area contributed by atoms with Crippen LogP contribution in [0.25, 0.3) is 32.8 Å². The summed E-state index contributed by atoms with van der Waals surface area (Å²) in [5.41, 5.74) is 1.46. The van der Waals surface area contributed by atoms with E-state index in [0.717, 1.165) is 33.2 Å². The number of H-pyrrole nitrogens is 1. The van der Waals surface area contributed by atoms with Crippen LogP contribution in [0.5, 0.6) is 11.5 Å². The van der Waals surface area contributed by atoms with Gasteiger partial charge in [0.15, 0.2) is 0 Å². The fourth-order valence-corrected chi connectivity index (χ4v) is 3.12. The minimum atomic E-state index is -0.201. The smallest absolute Gasteiger partial charge is 0.272 e. The van der Waals surface area contributed by atoms with Crippen LogP contribution < -0.4 is 10.3 Å². The molecule has 22 heavy (non-hydrogen) atoms. The molecule has 1 aliphatic heterocycles. The Labute approximate surface area is 125 Å². The Bertz CT molecular complexity index is 1130. The first kappa shape index (κ1) is 11.5. The van der Waals surface area contributed by atoms with Gasteiger partial charge < -0.3 is 4.74 Å². The second-order valence-electron chi connectivity index (χ2n) is 5.35. The summed E-state index contributed by atoms with van der Waals surface area (Å²) in [5.74, 6) is 1.47. The lowest BCUT2D eigenvalue weighted by Crippen LogP contribution is -2.12. The highest BCUT2D eigenvalue weighted by Crippen LogP contribution is 2.47. The van der Waals surface area contributed by atoms with E-state index in [-0.39, 0.29) is 5.56 Å². The molecule has 0 unspecified atom stereocenters. The van der Waals surface area contributed by atoms with Gasteiger partial charge >= 0.3 is 0 Å². The number of fused-ring (bicyclic) bond motifs is 4. The SMILES string of the molecule is O=c1[nH]nc2c3c(cccc13)Oc1c-2ccc2ccccc12. The number of aromatic amines is 1. The zero-order valence-corrected chi connectivity index (χ0v) is 11.5. The molecule has 0 saturated heterocycles. The minimum Gasteiger partial charge on any atom is -0.455 e. The molecule has 0 amide bonds. The Morgan fingerprint density at radius 1 is 0.909 bits per heavy atom. The van der Waals surface area contributed by atoms with Crippen LogP contribution in [0.1, 0.15) is 0 Å². The van der Waals surface area contributed by atoms with Crippen molar-refractivity contribution in [3.8, 4) is 22.8 Å². The third kappa shape index (κ3) is 1.36. The lowest BCUT2D eigenvalue weighted by Gasteiger charge is -2.21. The quantitative estimate of drug-likeness (QED) is 0.470. The lowest BCUT2D eigenvalue weighted by atomic mass is 9.97. The summed E-state index contributed by atoms with van der Waals surface area (Å²) in [5, 5.41) is 10.4. The highest BCUT2D eigenvalue weighted by molar-refractivity contribution is 6.06. The predicted molar refractivity (Wildman–Crippen MR) is 85.4 cm³/mol. The van der Waals surface area contributed by atoms with Crippen molar-refractivity contribution in [3.05, 3.63) is 65.0 Å². The van der Waals surface area contributed by atoms with Crippen molar-refractivity contribution in [2.75, 3.05) is 0 Å². The van der Waals surface area contributed by atoms with Crippen LogP contribution in [-0.4, -0.2) is 10.2 Å². The standard InChI is InChI=1S/C18H10N2O2/c21-18-12-6-3-7-14-15(12)16(19-20-18)13-9-8-10-4-1-2-5-11(10)17(13)22-14/h1-9H,(H,20,21). The summed E-state index contributed by atoms with van der Waals surface area (Å²) in [4.78, 5) is 12.0.